The molecule has 54 heavy (non-hydrogen) atoms. The van der Waals surface area contributed by atoms with E-state index in [0.717, 1.165) is 52.2 Å². The summed E-state index contributed by atoms with van der Waals surface area (Å²) in [7, 11) is 1.64. The lowest BCUT2D eigenvalue weighted by molar-refractivity contribution is -0.150. The molecule has 3 heterocycles. The minimum absolute atomic E-state index is 0.0226. The quantitative estimate of drug-likeness (QED) is 0.169. The lowest BCUT2D eigenvalue weighted by Crippen LogP contribution is -2.46. The molecule has 9 nitrogen and oxygen atoms in total. The SMILES string of the molecule is COc1ccc(C(C)(C)[C@H]2[C@H](CC(=O)N(CCO)Cc3ccccc3)O[C@@]3(C(=O)N(Cc4ccccc4)c4ccc(N5CCCCC5=O)cc43)[C@@H]2C)cc1. The van der Waals surface area contributed by atoms with Crippen molar-refractivity contribution in [2.45, 2.75) is 76.7 Å². The molecule has 2 fully saturated rings. The molecular formula is C45H51N3O6. The first-order chi connectivity index (χ1) is 26.1. The molecule has 282 valence electrons. The van der Waals surface area contributed by atoms with Gasteiger partial charge in [-0.05, 0) is 65.3 Å². The molecule has 1 N–H and O–H groups in total. The van der Waals surface area contributed by atoms with Crippen molar-refractivity contribution in [3.63, 3.8) is 0 Å². The molecule has 0 radical (unpaired) electrons. The smallest absolute Gasteiger partial charge is 0.264 e. The zero-order valence-electron chi connectivity index (χ0n) is 31.7. The number of aliphatic hydroxyl groups is 1. The van der Waals surface area contributed by atoms with Gasteiger partial charge in [0.1, 0.15) is 5.75 Å². The van der Waals surface area contributed by atoms with Gasteiger partial charge in [0.05, 0.1) is 38.5 Å². The Hall–Kier alpha value is -4.99. The second kappa shape index (κ2) is 15.4. The van der Waals surface area contributed by atoms with Crippen molar-refractivity contribution in [2.24, 2.45) is 11.8 Å². The zero-order valence-corrected chi connectivity index (χ0v) is 31.7. The fourth-order valence-electron chi connectivity index (χ4n) is 9.19. The van der Waals surface area contributed by atoms with Gasteiger partial charge in [-0.15, -0.1) is 0 Å². The molecule has 0 unspecified atom stereocenters. The molecule has 3 aliphatic rings. The maximum Gasteiger partial charge on any atom is 0.264 e. The van der Waals surface area contributed by atoms with Crippen LogP contribution in [0, 0.1) is 11.8 Å². The van der Waals surface area contributed by atoms with E-state index in [9.17, 15) is 14.7 Å². The summed E-state index contributed by atoms with van der Waals surface area (Å²) in [4.78, 5) is 48.3. The number of ether oxygens (including phenoxy) is 2. The van der Waals surface area contributed by atoms with Crippen LogP contribution in [0.3, 0.4) is 0 Å². The summed E-state index contributed by atoms with van der Waals surface area (Å²) in [5.41, 5.74) is 3.24. The summed E-state index contributed by atoms with van der Waals surface area (Å²) in [6, 6.07) is 33.5. The van der Waals surface area contributed by atoms with Crippen LogP contribution in [0.4, 0.5) is 11.4 Å². The maximum absolute atomic E-state index is 15.3. The van der Waals surface area contributed by atoms with E-state index < -0.39 is 17.1 Å². The van der Waals surface area contributed by atoms with E-state index in [1.54, 1.807) is 12.0 Å². The summed E-state index contributed by atoms with van der Waals surface area (Å²) in [5, 5.41) is 10.0. The Kier molecular flexibility index (Phi) is 10.6. The molecule has 0 saturated carbocycles. The number of aliphatic hydroxyl groups excluding tert-OH is 1. The third kappa shape index (κ3) is 6.80. The second-order valence-corrected chi connectivity index (χ2v) is 15.5. The molecule has 2 saturated heterocycles. The van der Waals surface area contributed by atoms with Crippen molar-refractivity contribution in [1.82, 2.24) is 4.90 Å². The van der Waals surface area contributed by atoms with E-state index >= 15 is 4.79 Å². The summed E-state index contributed by atoms with van der Waals surface area (Å²) >= 11 is 0. The molecule has 9 heteroatoms. The van der Waals surface area contributed by atoms with Gasteiger partial charge in [0.2, 0.25) is 11.8 Å². The van der Waals surface area contributed by atoms with Gasteiger partial charge in [0.15, 0.2) is 5.60 Å². The highest BCUT2D eigenvalue weighted by Gasteiger charge is 2.66. The van der Waals surface area contributed by atoms with Crippen LogP contribution in [-0.4, -0.2) is 60.6 Å². The van der Waals surface area contributed by atoms with E-state index in [2.05, 4.69) is 32.9 Å². The molecule has 4 aromatic carbocycles. The second-order valence-electron chi connectivity index (χ2n) is 15.5. The minimum Gasteiger partial charge on any atom is -0.497 e. The Morgan fingerprint density at radius 2 is 1.63 bits per heavy atom. The van der Waals surface area contributed by atoms with Crippen LogP contribution in [0.25, 0.3) is 0 Å². The summed E-state index contributed by atoms with van der Waals surface area (Å²) in [5.74, 6) is -0.186. The number of methoxy groups -OCH3 is 1. The molecule has 7 rings (SSSR count). The fourth-order valence-corrected chi connectivity index (χ4v) is 9.19. The molecular weight excluding hydrogens is 679 g/mol. The first-order valence-electron chi connectivity index (χ1n) is 19.1. The Labute approximate surface area is 318 Å². The Morgan fingerprint density at radius 1 is 0.944 bits per heavy atom. The average molecular weight is 730 g/mol. The summed E-state index contributed by atoms with van der Waals surface area (Å²) in [6.45, 7) is 7.73. The van der Waals surface area contributed by atoms with E-state index in [4.69, 9.17) is 9.47 Å². The summed E-state index contributed by atoms with van der Waals surface area (Å²) in [6.07, 6.45) is 1.63. The monoisotopic (exact) mass is 729 g/mol. The van der Waals surface area contributed by atoms with Gasteiger partial charge in [-0.2, -0.15) is 0 Å². The van der Waals surface area contributed by atoms with E-state index in [1.165, 1.54) is 0 Å². The fraction of sp³-hybridized carbons (Fsp3) is 0.400. The van der Waals surface area contributed by atoms with Crippen molar-refractivity contribution < 1.29 is 29.0 Å². The van der Waals surface area contributed by atoms with Crippen molar-refractivity contribution in [3.8, 4) is 5.75 Å². The number of fused-ring (bicyclic) bond motifs is 2. The van der Waals surface area contributed by atoms with Crippen LogP contribution >= 0.6 is 0 Å². The van der Waals surface area contributed by atoms with E-state index in [-0.39, 0.29) is 49.1 Å². The molecule has 1 spiro atoms. The lowest BCUT2D eigenvalue weighted by atomic mass is 9.63. The first kappa shape index (κ1) is 37.3. The molecule has 3 amide bonds. The van der Waals surface area contributed by atoms with Crippen molar-refractivity contribution in [2.75, 3.05) is 36.6 Å². The number of rotatable bonds is 12. The molecule has 0 bridgehead atoms. The third-order valence-electron chi connectivity index (χ3n) is 12.0. The molecule has 0 aromatic heterocycles. The largest absolute Gasteiger partial charge is 0.497 e. The average Bonchev–Trinajstić information content (AvgIpc) is 3.61. The van der Waals surface area contributed by atoms with Crippen molar-refractivity contribution in [1.29, 1.82) is 0 Å². The number of carbonyl (C=O) groups excluding carboxylic acids is 3. The molecule has 4 aromatic rings. The number of hydrogen-bond acceptors (Lipinski definition) is 6. The van der Waals surface area contributed by atoms with Gasteiger partial charge in [0, 0.05) is 49.1 Å². The predicted molar refractivity (Wildman–Crippen MR) is 209 cm³/mol. The van der Waals surface area contributed by atoms with Crippen molar-refractivity contribution >= 4 is 29.1 Å². The minimum atomic E-state index is -1.42. The maximum atomic E-state index is 15.3. The molecule has 0 aliphatic carbocycles. The lowest BCUT2D eigenvalue weighted by Gasteiger charge is -2.39. The number of carbonyl (C=O) groups is 3. The highest BCUT2D eigenvalue weighted by molar-refractivity contribution is 6.08. The van der Waals surface area contributed by atoms with E-state index in [0.29, 0.717) is 26.1 Å². The predicted octanol–water partition coefficient (Wildman–Crippen LogP) is 6.99. The first-order valence-corrected chi connectivity index (χ1v) is 19.1. The van der Waals surface area contributed by atoms with Gasteiger partial charge in [-0.1, -0.05) is 93.6 Å². The van der Waals surface area contributed by atoms with Crippen LogP contribution in [0.15, 0.2) is 103 Å². The number of amides is 3. The molecule has 3 aliphatic heterocycles. The highest BCUT2D eigenvalue weighted by atomic mass is 16.5. The third-order valence-corrected chi connectivity index (χ3v) is 12.0. The zero-order chi connectivity index (χ0) is 38.0. The van der Waals surface area contributed by atoms with Gasteiger partial charge < -0.3 is 29.3 Å². The number of piperidine rings is 1. The molecule has 4 atom stereocenters. The van der Waals surface area contributed by atoms with Gasteiger partial charge in [-0.25, -0.2) is 0 Å². The van der Waals surface area contributed by atoms with E-state index in [1.807, 2.05) is 101 Å². The van der Waals surface area contributed by atoms with Crippen LogP contribution in [-0.2, 0) is 43.2 Å². The van der Waals surface area contributed by atoms with Crippen molar-refractivity contribution in [3.05, 3.63) is 125 Å². The van der Waals surface area contributed by atoms with Gasteiger partial charge in [0.25, 0.3) is 5.91 Å². The number of hydrogen-bond donors (Lipinski definition) is 1. The standard InChI is InChI=1S/C45H51N3O6/c1-31-42(44(2,3)34-18-21-36(53-4)22-19-34)39(28-41(51)46(25-26-49)29-32-13-7-5-8-14-32)54-45(31)37-27-35(47-24-12-11-17-40(47)50)20-23-38(37)48(43(45)52)30-33-15-9-6-10-16-33/h5-10,13-16,18-23,27,31,39,42,49H,11-12,17,24-26,28-30H2,1-4H3/t31-,39+,42-,45+/m1/s1. The van der Waals surface area contributed by atoms with Gasteiger partial charge >= 0.3 is 0 Å². The Morgan fingerprint density at radius 3 is 2.28 bits per heavy atom. The number of benzene rings is 4. The normalized spacial score (nSPS) is 22.5. The van der Waals surface area contributed by atoms with Gasteiger partial charge in [-0.3, -0.25) is 14.4 Å². The highest BCUT2D eigenvalue weighted by Crippen LogP contribution is 2.60. The Bertz CT molecular complexity index is 1970. The number of anilines is 2. The Balaban J connectivity index is 1.34. The van der Waals surface area contributed by atoms with Crippen LogP contribution < -0.4 is 14.5 Å². The van der Waals surface area contributed by atoms with Crippen LogP contribution in [0.1, 0.15) is 68.7 Å². The van der Waals surface area contributed by atoms with Crippen LogP contribution in [0.2, 0.25) is 0 Å². The van der Waals surface area contributed by atoms with Crippen LogP contribution in [0.5, 0.6) is 5.75 Å². The summed E-state index contributed by atoms with van der Waals surface area (Å²) < 4.78 is 12.8. The number of nitrogens with zero attached hydrogens (tertiary/aromatic N) is 3. The topological polar surface area (TPSA) is 99.6 Å².